The Labute approximate surface area is 80.0 Å². The van der Waals surface area contributed by atoms with Gasteiger partial charge in [-0.15, -0.1) is 6.58 Å². The SMILES string of the molecule is C=CCCC(O)c1ccoc1Br. The van der Waals surface area contributed by atoms with Crippen LogP contribution in [0, 0.1) is 0 Å². The zero-order valence-corrected chi connectivity index (χ0v) is 8.25. The van der Waals surface area contributed by atoms with Crippen molar-refractivity contribution in [1.29, 1.82) is 0 Å². The monoisotopic (exact) mass is 230 g/mol. The molecule has 0 aliphatic rings. The third kappa shape index (κ3) is 2.22. The smallest absolute Gasteiger partial charge is 0.174 e. The number of allylic oxidation sites excluding steroid dienone is 1. The molecule has 1 atom stereocenters. The van der Waals surface area contributed by atoms with E-state index in [0.717, 1.165) is 12.0 Å². The maximum absolute atomic E-state index is 9.58. The van der Waals surface area contributed by atoms with E-state index in [-0.39, 0.29) is 0 Å². The van der Waals surface area contributed by atoms with Gasteiger partial charge in [-0.1, -0.05) is 6.08 Å². The standard InChI is InChI=1S/C9H11BrO2/c1-2-3-4-8(11)7-5-6-12-9(7)10/h2,5-6,8,11H,1,3-4H2. The van der Waals surface area contributed by atoms with Crippen LogP contribution in [0.4, 0.5) is 0 Å². The first-order chi connectivity index (χ1) is 5.75. The molecule has 0 aliphatic heterocycles. The number of hydrogen-bond donors (Lipinski definition) is 1. The molecule has 0 radical (unpaired) electrons. The van der Waals surface area contributed by atoms with Crippen LogP contribution in [-0.4, -0.2) is 5.11 Å². The lowest BCUT2D eigenvalue weighted by Crippen LogP contribution is -1.95. The highest BCUT2D eigenvalue weighted by atomic mass is 79.9. The highest BCUT2D eigenvalue weighted by Gasteiger charge is 2.12. The Morgan fingerprint density at radius 2 is 2.50 bits per heavy atom. The Morgan fingerprint density at radius 3 is 3.00 bits per heavy atom. The highest BCUT2D eigenvalue weighted by molar-refractivity contribution is 9.10. The Morgan fingerprint density at radius 1 is 1.75 bits per heavy atom. The molecule has 0 aliphatic carbocycles. The minimum absolute atomic E-state index is 0.462. The van der Waals surface area contributed by atoms with E-state index in [4.69, 9.17) is 4.42 Å². The van der Waals surface area contributed by atoms with Crippen molar-refractivity contribution in [3.05, 3.63) is 35.2 Å². The predicted octanol–water partition coefficient (Wildman–Crippen LogP) is 3.04. The van der Waals surface area contributed by atoms with Crippen LogP contribution in [0.1, 0.15) is 24.5 Å². The average Bonchev–Trinajstić information content (AvgIpc) is 2.47. The molecule has 1 aromatic rings. The number of rotatable bonds is 4. The quantitative estimate of drug-likeness (QED) is 0.808. The zero-order valence-electron chi connectivity index (χ0n) is 6.66. The fraction of sp³-hybridized carbons (Fsp3) is 0.333. The van der Waals surface area contributed by atoms with Crippen LogP contribution >= 0.6 is 15.9 Å². The molecule has 0 bridgehead atoms. The van der Waals surface area contributed by atoms with E-state index >= 15 is 0 Å². The van der Waals surface area contributed by atoms with Crippen LogP contribution in [0.15, 0.2) is 34.1 Å². The molecule has 1 aromatic heterocycles. The average molecular weight is 231 g/mol. The Balaban J connectivity index is 2.58. The summed E-state index contributed by atoms with van der Waals surface area (Å²) in [4.78, 5) is 0. The second kappa shape index (κ2) is 4.48. The van der Waals surface area contributed by atoms with Gasteiger partial charge in [0.05, 0.1) is 12.4 Å². The minimum atomic E-state index is -0.462. The van der Waals surface area contributed by atoms with Gasteiger partial charge in [0.15, 0.2) is 4.67 Å². The van der Waals surface area contributed by atoms with Gasteiger partial charge in [-0.25, -0.2) is 0 Å². The van der Waals surface area contributed by atoms with E-state index in [1.807, 2.05) is 0 Å². The van der Waals surface area contributed by atoms with Crippen LogP contribution in [0.25, 0.3) is 0 Å². The lowest BCUT2D eigenvalue weighted by Gasteiger charge is -2.06. The van der Waals surface area contributed by atoms with Gasteiger partial charge in [-0.2, -0.15) is 0 Å². The highest BCUT2D eigenvalue weighted by Crippen LogP contribution is 2.27. The van der Waals surface area contributed by atoms with Gasteiger partial charge in [0.2, 0.25) is 0 Å². The largest absolute Gasteiger partial charge is 0.457 e. The molecule has 3 heteroatoms. The molecule has 1 unspecified atom stereocenters. The van der Waals surface area contributed by atoms with Crippen LogP contribution in [0.5, 0.6) is 0 Å². The first kappa shape index (κ1) is 9.55. The summed E-state index contributed by atoms with van der Waals surface area (Å²) in [7, 11) is 0. The maximum Gasteiger partial charge on any atom is 0.174 e. The second-order valence-corrected chi connectivity index (χ2v) is 3.25. The summed E-state index contributed by atoms with van der Waals surface area (Å²) in [6.07, 6.45) is 4.37. The number of furan rings is 1. The molecule has 0 spiro atoms. The normalized spacial score (nSPS) is 12.8. The number of hydrogen-bond acceptors (Lipinski definition) is 2. The van der Waals surface area contributed by atoms with Gasteiger partial charge in [-0.05, 0) is 34.8 Å². The van der Waals surface area contributed by atoms with Crippen molar-refractivity contribution in [3.63, 3.8) is 0 Å². The first-order valence-electron chi connectivity index (χ1n) is 3.77. The fourth-order valence-corrected chi connectivity index (χ4v) is 1.48. The number of aliphatic hydroxyl groups is 1. The van der Waals surface area contributed by atoms with E-state index < -0.39 is 6.10 Å². The lowest BCUT2D eigenvalue weighted by molar-refractivity contribution is 0.166. The van der Waals surface area contributed by atoms with Crippen molar-refractivity contribution in [2.75, 3.05) is 0 Å². The van der Waals surface area contributed by atoms with Crippen molar-refractivity contribution in [2.45, 2.75) is 18.9 Å². The molecular formula is C9H11BrO2. The topological polar surface area (TPSA) is 33.4 Å². The maximum atomic E-state index is 9.58. The molecule has 0 saturated carbocycles. The summed E-state index contributed by atoms with van der Waals surface area (Å²) >= 11 is 3.21. The van der Waals surface area contributed by atoms with E-state index in [0.29, 0.717) is 11.1 Å². The molecule has 2 nitrogen and oxygen atoms in total. The molecule has 1 N–H and O–H groups in total. The predicted molar refractivity (Wildman–Crippen MR) is 50.8 cm³/mol. The van der Waals surface area contributed by atoms with Crippen LogP contribution in [-0.2, 0) is 0 Å². The van der Waals surface area contributed by atoms with Gasteiger partial charge in [-0.3, -0.25) is 0 Å². The summed E-state index contributed by atoms with van der Waals surface area (Å²) in [5, 5.41) is 9.58. The molecule has 0 amide bonds. The van der Waals surface area contributed by atoms with Gasteiger partial charge < -0.3 is 9.52 Å². The Bertz CT molecular complexity index is 255. The Hall–Kier alpha value is -0.540. The minimum Gasteiger partial charge on any atom is -0.457 e. The number of halogens is 1. The summed E-state index contributed by atoms with van der Waals surface area (Å²) < 4.78 is 5.61. The number of aliphatic hydroxyl groups excluding tert-OH is 1. The van der Waals surface area contributed by atoms with E-state index in [1.165, 1.54) is 0 Å². The van der Waals surface area contributed by atoms with Gasteiger partial charge in [0.1, 0.15) is 0 Å². The van der Waals surface area contributed by atoms with Crippen LogP contribution in [0.3, 0.4) is 0 Å². The fourth-order valence-electron chi connectivity index (χ4n) is 0.974. The molecule has 0 aromatic carbocycles. The van der Waals surface area contributed by atoms with Crippen molar-refractivity contribution < 1.29 is 9.52 Å². The Kier molecular flexibility index (Phi) is 3.56. The lowest BCUT2D eigenvalue weighted by atomic mass is 10.1. The molecule has 12 heavy (non-hydrogen) atoms. The van der Waals surface area contributed by atoms with Crippen LogP contribution in [0.2, 0.25) is 0 Å². The molecule has 0 saturated heterocycles. The molecule has 66 valence electrons. The summed E-state index contributed by atoms with van der Waals surface area (Å²) in [5.41, 5.74) is 0.803. The third-order valence-electron chi connectivity index (χ3n) is 1.65. The summed E-state index contributed by atoms with van der Waals surface area (Å²) in [6, 6.07) is 1.76. The van der Waals surface area contributed by atoms with Crippen molar-refractivity contribution in [3.8, 4) is 0 Å². The van der Waals surface area contributed by atoms with Gasteiger partial charge in [0.25, 0.3) is 0 Å². The van der Waals surface area contributed by atoms with Crippen molar-refractivity contribution >= 4 is 15.9 Å². The zero-order chi connectivity index (χ0) is 8.97. The van der Waals surface area contributed by atoms with Gasteiger partial charge >= 0.3 is 0 Å². The van der Waals surface area contributed by atoms with E-state index in [2.05, 4.69) is 22.5 Å². The summed E-state index contributed by atoms with van der Waals surface area (Å²) in [6.45, 7) is 3.59. The first-order valence-corrected chi connectivity index (χ1v) is 4.57. The molecular weight excluding hydrogens is 220 g/mol. The van der Waals surface area contributed by atoms with Crippen molar-refractivity contribution in [1.82, 2.24) is 0 Å². The molecule has 1 heterocycles. The van der Waals surface area contributed by atoms with Crippen LogP contribution < -0.4 is 0 Å². The summed E-state index contributed by atoms with van der Waals surface area (Å²) in [5.74, 6) is 0. The van der Waals surface area contributed by atoms with Crippen molar-refractivity contribution in [2.24, 2.45) is 0 Å². The van der Waals surface area contributed by atoms with Gasteiger partial charge in [0, 0.05) is 5.56 Å². The van der Waals surface area contributed by atoms with E-state index in [9.17, 15) is 5.11 Å². The van der Waals surface area contributed by atoms with E-state index in [1.54, 1.807) is 18.4 Å². The molecule has 1 rings (SSSR count). The molecule has 0 fully saturated rings. The second-order valence-electron chi connectivity index (χ2n) is 2.53. The third-order valence-corrected chi connectivity index (χ3v) is 2.29.